The summed E-state index contributed by atoms with van der Waals surface area (Å²) in [6, 6.07) is 1.70. The van der Waals surface area contributed by atoms with E-state index in [4.69, 9.17) is 0 Å². The van der Waals surface area contributed by atoms with Crippen molar-refractivity contribution in [2.45, 2.75) is 20.3 Å². The minimum absolute atomic E-state index is 0.120. The molecule has 0 aliphatic heterocycles. The van der Waals surface area contributed by atoms with E-state index in [-0.39, 0.29) is 11.3 Å². The summed E-state index contributed by atoms with van der Waals surface area (Å²) in [6.45, 7) is 3.23. The molecule has 1 nitrogen and oxygen atoms in total. The lowest BCUT2D eigenvalue weighted by Gasteiger charge is -2.00. The number of halogens is 3. The Morgan fingerprint density at radius 1 is 1.25 bits per heavy atom. The van der Waals surface area contributed by atoms with Crippen LogP contribution in [0.5, 0.6) is 0 Å². The molecule has 0 amide bonds. The number of benzene rings is 1. The second-order valence-electron chi connectivity index (χ2n) is 3.40. The Morgan fingerprint density at radius 3 is 2.19 bits per heavy atom. The van der Waals surface area contributed by atoms with Crippen LogP contribution in [-0.2, 0) is 4.79 Å². The number of Topliss-reactive ketones (excluding diaryl/α,β-unsaturated/α-hetero) is 1. The highest BCUT2D eigenvalue weighted by molar-refractivity contribution is 5.98. The molecule has 86 valence electrons. The number of hydrogen-bond acceptors (Lipinski definition) is 1. The Kier molecular flexibility index (Phi) is 3.88. The molecule has 0 saturated heterocycles. The average molecular weight is 228 g/mol. The summed E-state index contributed by atoms with van der Waals surface area (Å²) < 4.78 is 38.3. The average Bonchev–Trinajstić information content (AvgIpc) is 2.24. The summed E-state index contributed by atoms with van der Waals surface area (Å²) in [7, 11) is 0. The molecule has 0 fully saturated rings. The lowest BCUT2D eigenvalue weighted by atomic mass is 10.1. The predicted molar refractivity (Wildman–Crippen MR) is 55.3 cm³/mol. The number of rotatable bonds is 3. The normalized spacial score (nSPS) is 11.7. The van der Waals surface area contributed by atoms with Crippen molar-refractivity contribution in [3.63, 3.8) is 0 Å². The van der Waals surface area contributed by atoms with Gasteiger partial charge in [-0.15, -0.1) is 0 Å². The van der Waals surface area contributed by atoms with Gasteiger partial charge >= 0.3 is 0 Å². The maximum atomic E-state index is 12.8. The quantitative estimate of drug-likeness (QED) is 0.571. The Morgan fingerprint density at radius 2 is 1.75 bits per heavy atom. The number of carbonyl (C=O) groups excluding carboxylic acids is 1. The van der Waals surface area contributed by atoms with Crippen LogP contribution in [0, 0.1) is 17.5 Å². The number of ketones is 1. The van der Waals surface area contributed by atoms with Gasteiger partial charge in [0.05, 0.1) is 0 Å². The Bertz CT molecular complexity index is 427. The smallest absolute Gasteiger partial charge is 0.194 e. The largest absolute Gasteiger partial charge is 0.295 e. The molecule has 0 heterocycles. The highest BCUT2D eigenvalue weighted by Crippen LogP contribution is 2.16. The summed E-state index contributed by atoms with van der Waals surface area (Å²) >= 11 is 0. The molecule has 0 spiro atoms. The third-order valence-corrected chi connectivity index (χ3v) is 2.15. The van der Waals surface area contributed by atoms with E-state index >= 15 is 0 Å². The van der Waals surface area contributed by atoms with E-state index in [0.717, 1.165) is 12.1 Å². The summed E-state index contributed by atoms with van der Waals surface area (Å²) in [5.41, 5.74) is 0.517. The van der Waals surface area contributed by atoms with Gasteiger partial charge in [0, 0.05) is 6.42 Å². The van der Waals surface area contributed by atoms with Crippen molar-refractivity contribution in [1.82, 2.24) is 0 Å². The number of carbonyl (C=O) groups is 1. The van der Waals surface area contributed by atoms with Gasteiger partial charge in [-0.2, -0.15) is 0 Å². The van der Waals surface area contributed by atoms with Gasteiger partial charge in [0.15, 0.2) is 23.2 Å². The molecule has 16 heavy (non-hydrogen) atoms. The summed E-state index contributed by atoms with van der Waals surface area (Å²) in [5, 5.41) is 0. The maximum Gasteiger partial charge on any atom is 0.194 e. The van der Waals surface area contributed by atoms with Crippen LogP contribution in [0.1, 0.15) is 25.8 Å². The molecule has 0 N–H and O–H groups in total. The van der Waals surface area contributed by atoms with Crippen LogP contribution in [0.3, 0.4) is 0 Å². The van der Waals surface area contributed by atoms with Crippen molar-refractivity contribution in [2.75, 3.05) is 0 Å². The summed E-state index contributed by atoms with van der Waals surface area (Å²) in [5.74, 6) is -4.15. The van der Waals surface area contributed by atoms with Gasteiger partial charge in [0.2, 0.25) is 0 Å². The maximum absolute atomic E-state index is 12.8. The van der Waals surface area contributed by atoms with Gasteiger partial charge < -0.3 is 0 Å². The van der Waals surface area contributed by atoms with Crippen molar-refractivity contribution < 1.29 is 18.0 Å². The van der Waals surface area contributed by atoms with E-state index in [1.54, 1.807) is 13.8 Å². The number of allylic oxidation sites excluding steroid dienone is 1. The van der Waals surface area contributed by atoms with Gasteiger partial charge in [-0.25, -0.2) is 13.2 Å². The monoisotopic (exact) mass is 228 g/mol. The number of hydrogen-bond donors (Lipinski definition) is 0. The molecule has 0 radical (unpaired) electrons. The van der Waals surface area contributed by atoms with Gasteiger partial charge in [-0.05, 0) is 36.3 Å². The van der Waals surface area contributed by atoms with Crippen molar-refractivity contribution >= 4 is 11.9 Å². The molecule has 0 aliphatic carbocycles. The van der Waals surface area contributed by atoms with Crippen LogP contribution in [-0.4, -0.2) is 5.78 Å². The van der Waals surface area contributed by atoms with Gasteiger partial charge in [-0.1, -0.05) is 6.92 Å². The first-order chi connectivity index (χ1) is 7.45. The minimum atomic E-state index is -1.50. The van der Waals surface area contributed by atoms with Gasteiger partial charge in [0.1, 0.15) is 0 Å². The third-order valence-electron chi connectivity index (χ3n) is 2.15. The van der Waals surface area contributed by atoms with Crippen molar-refractivity contribution in [2.24, 2.45) is 0 Å². The van der Waals surface area contributed by atoms with Crippen molar-refractivity contribution in [3.05, 3.63) is 40.7 Å². The molecular weight excluding hydrogens is 217 g/mol. The fourth-order valence-corrected chi connectivity index (χ4v) is 1.27. The molecule has 0 bridgehead atoms. The second-order valence-corrected chi connectivity index (χ2v) is 3.40. The molecule has 0 atom stereocenters. The molecule has 0 unspecified atom stereocenters. The minimum Gasteiger partial charge on any atom is -0.295 e. The van der Waals surface area contributed by atoms with Crippen LogP contribution in [0.25, 0.3) is 6.08 Å². The molecule has 1 aromatic rings. The highest BCUT2D eigenvalue weighted by atomic mass is 19.2. The first-order valence-corrected chi connectivity index (χ1v) is 4.81. The zero-order chi connectivity index (χ0) is 12.3. The van der Waals surface area contributed by atoms with E-state index in [0.29, 0.717) is 12.0 Å². The van der Waals surface area contributed by atoms with Crippen molar-refractivity contribution in [1.29, 1.82) is 0 Å². The predicted octanol–water partition coefficient (Wildman–Crippen LogP) is 3.49. The van der Waals surface area contributed by atoms with Crippen LogP contribution >= 0.6 is 0 Å². The summed E-state index contributed by atoms with van der Waals surface area (Å²) in [4.78, 5) is 11.2. The zero-order valence-corrected chi connectivity index (χ0v) is 8.98. The lowest BCUT2D eigenvalue weighted by Crippen LogP contribution is -1.97. The summed E-state index contributed by atoms with van der Waals surface area (Å²) in [6.07, 6.45) is 1.64. The Balaban J connectivity index is 3.12. The van der Waals surface area contributed by atoms with E-state index in [2.05, 4.69) is 0 Å². The second kappa shape index (κ2) is 4.96. The van der Waals surface area contributed by atoms with Crippen molar-refractivity contribution in [3.8, 4) is 0 Å². The molecule has 1 rings (SSSR count). The van der Waals surface area contributed by atoms with Gasteiger partial charge in [0.25, 0.3) is 0 Å². The fourth-order valence-electron chi connectivity index (χ4n) is 1.27. The Hall–Kier alpha value is -1.58. The van der Waals surface area contributed by atoms with E-state index in [1.165, 1.54) is 6.08 Å². The van der Waals surface area contributed by atoms with Crippen LogP contribution in [0.15, 0.2) is 17.7 Å². The standard InChI is InChI=1S/C12H11F3O/c1-3-11(16)7(2)4-8-5-9(13)12(15)10(14)6-8/h4-6H,3H2,1-2H3. The van der Waals surface area contributed by atoms with E-state index < -0.39 is 17.5 Å². The van der Waals surface area contributed by atoms with E-state index in [9.17, 15) is 18.0 Å². The van der Waals surface area contributed by atoms with Gasteiger partial charge in [-0.3, -0.25) is 4.79 Å². The lowest BCUT2D eigenvalue weighted by molar-refractivity contribution is -0.115. The zero-order valence-electron chi connectivity index (χ0n) is 8.98. The topological polar surface area (TPSA) is 17.1 Å². The highest BCUT2D eigenvalue weighted by Gasteiger charge is 2.10. The van der Waals surface area contributed by atoms with Crippen LogP contribution in [0.2, 0.25) is 0 Å². The van der Waals surface area contributed by atoms with Crippen LogP contribution < -0.4 is 0 Å². The fraction of sp³-hybridized carbons (Fsp3) is 0.250. The molecule has 0 saturated carbocycles. The molecule has 1 aromatic carbocycles. The molecule has 0 aromatic heterocycles. The Labute approximate surface area is 91.6 Å². The first kappa shape index (κ1) is 12.5. The molecular formula is C12H11F3O. The SMILES string of the molecule is CCC(=O)C(C)=Cc1cc(F)c(F)c(F)c1. The van der Waals surface area contributed by atoms with Crippen LogP contribution in [0.4, 0.5) is 13.2 Å². The third kappa shape index (κ3) is 2.72. The first-order valence-electron chi connectivity index (χ1n) is 4.81. The molecule has 4 heteroatoms. The van der Waals surface area contributed by atoms with E-state index in [1.807, 2.05) is 0 Å². The molecule has 0 aliphatic rings.